The lowest BCUT2D eigenvalue weighted by Gasteiger charge is -2.18. The number of aliphatic imine (C=N–C) groups is 1. The summed E-state index contributed by atoms with van der Waals surface area (Å²) in [5.41, 5.74) is 1.93. The Balaban J connectivity index is 0.00000280. The zero-order chi connectivity index (χ0) is 19.2. The topological polar surface area (TPSA) is 72.5 Å². The van der Waals surface area contributed by atoms with Gasteiger partial charge in [0.15, 0.2) is 5.96 Å². The summed E-state index contributed by atoms with van der Waals surface area (Å²) in [6.07, 6.45) is 7.43. The number of hydrogen-bond donors (Lipinski definition) is 3. The minimum atomic E-state index is -0.241. The molecule has 154 valence electrons. The highest BCUT2D eigenvalue weighted by molar-refractivity contribution is 14.0. The molecule has 1 amide bonds. The van der Waals surface area contributed by atoms with Crippen LogP contribution in [-0.4, -0.2) is 55.0 Å². The van der Waals surface area contributed by atoms with Crippen molar-refractivity contribution in [1.29, 1.82) is 0 Å². The van der Waals surface area contributed by atoms with Crippen molar-refractivity contribution in [3.8, 4) is 0 Å². The molecule has 6 nitrogen and oxygen atoms in total. The van der Waals surface area contributed by atoms with E-state index < -0.39 is 0 Å². The maximum atomic E-state index is 13.3. The van der Waals surface area contributed by atoms with E-state index in [1.807, 2.05) is 6.20 Å². The molecule has 0 radical (unpaired) electrons. The molecule has 0 bridgehead atoms. The summed E-state index contributed by atoms with van der Waals surface area (Å²) in [6, 6.07) is 5.21. The van der Waals surface area contributed by atoms with Crippen molar-refractivity contribution in [3.05, 3.63) is 35.8 Å². The average molecular weight is 501 g/mol. The van der Waals surface area contributed by atoms with Crippen LogP contribution in [0.15, 0.2) is 29.4 Å². The Labute approximate surface area is 182 Å². The highest BCUT2D eigenvalue weighted by Gasteiger charge is 2.16. The molecule has 1 aromatic heterocycles. The second kappa shape index (κ2) is 10.6. The van der Waals surface area contributed by atoms with E-state index in [-0.39, 0.29) is 42.2 Å². The van der Waals surface area contributed by atoms with Gasteiger partial charge in [0.2, 0.25) is 5.91 Å². The highest BCUT2D eigenvalue weighted by Crippen LogP contribution is 2.19. The van der Waals surface area contributed by atoms with Gasteiger partial charge in [-0.25, -0.2) is 9.38 Å². The first kappa shape index (κ1) is 22.4. The average Bonchev–Trinajstić information content (AvgIpc) is 3.28. The van der Waals surface area contributed by atoms with Crippen molar-refractivity contribution in [3.63, 3.8) is 0 Å². The van der Waals surface area contributed by atoms with Gasteiger partial charge in [0.1, 0.15) is 12.4 Å². The molecule has 0 atom stereocenters. The molecule has 8 heteroatoms. The number of nitrogens with zero attached hydrogens (tertiary/aromatic N) is 2. The summed E-state index contributed by atoms with van der Waals surface area (Å²) >= 11 is 0. The quantitative estimate of drug-likeness (QED) is 0.324. The number of hydrogen-bond acceptors (Lipinski definition) is 2. The number of aromatic amines is 1. The molecule has 0 saturated heterocycles. The van der Waals surface area contributed by atoms with Crippen LogP contribution in [0, 0.1) is 5.82 Å². The lowest BCUT2D eigenvalue weighted by atomic mass is 10.1. The molecular formula is C20H29FIN5O. The predicted molar refractivity (Wildman–Crippen MR) is 122 cm³/mol. The monoisotopic (exact) mass is 501 g/mol. The van der Waals surface area contributed by atoms with Crippen molar-refractivity contribution in [2.75, 3.05) is 27.2 Å². The predicted octanol–water partition coefficient (Wildman–Crippen LogP) is 3.03. The second-order valence-electron chi connectivity index (χ2n) is 7.26. The summed E-state index contributed by atoms with van der Waals surface area (Å²) in [7, 11) is 3.46. The van der Waals surface area contributed by atoms with Gasteiger partial charge >= 0.3 is 0 Å². The van der Waals surface area contributed by atoms with Crippen LogP contribution in [0.4, 0.5) is 4.39 Å². The Bertz CT molecular complexity index is 814. The lowest BCUT2D eigenvalue weighted by molar-refractivity contribution is -0.127. The third-order valence-electron chi connectivity index (χ3n) is 4.98. The number of guanidine groups is 1. The minimum Gasteiger partial charge on any atom is -0.361 e. The van der Waals surface area contributed by atoms with Gasteiger partial charge in [-0.05, 0) is 43.0 Å². The van der Waals surface area contributed by atoms with Gasteiger partial charge in [0, 0.05) is 43.8 Å². The Morgan fingerprint density at radius 3 is 2.79 bits per heavy atom. The van der Waals surface area contributed by atoms with Crippen LogP contribution in [0.3, 0.4) is 0 Å². The summed E-state index contributed by atoms with van der Waals surface area (Å²) in [5.74, 6) is 0.416. The molecule has 1 aromatic carbocycles. The summed E-state index contributed by atoms with van der Waals surface area (Å²) in [6.45, 7) is 0.806. The summed E-state index contributed by atoms with van der Waals surface area (Å²) in [4.78, 5) is 21.0. The van der Waals surface area contributed by atoms with Crippen LogP contribution in [0.2, 0.25) is 0 Å². The van der Waals surface area contributed by atoms with Crippen LogP contribution in [0.1, 0.15) is 31.2 Å². The van der Waals surface area contributed by atoms with E-state index in [0.717, 1.165) is 35.7 Å². The first-order valence-electron chi connectivity index (χ1n) is 9.53. The number of likely N-dealkylation sites (N-methyl/N-ethyl adjacent to an activating group) is 1. The smallest absolute Gasteiger partial charge is 0.243 e. The molecule has 1 saturated carbocycles. The SMILES string of the molecule is CN(C)C(=O)CN=C(NCCc1c[nH]c2cc(F)ccc12)NC1CCCC1.I. The fraction of sp³-hybridized carbons (Fsp3) is 0.500. The molecular weight excluding hydrogens is 472 g/mol. The molecule has 1 fully saturated rings. The number of nitrogens with one attached hydrogen (secondary N) is 3. The van der Waals surface area contributed by atoms with E-state index in [1.54, 1.807) is 25.1 Å². The van der Waals surface area contributed by atoms with E-state index in [2.05, 4.69) is 20.6 Å². The van der Waals surface area contributed by atoms with Gasteiger partial charge in [0.05, 0.1) is 0 Å². The molecule has 0 unspecified atom stereocenters. The minimum absolute atomic E-state index is 0. The van der Waals surface area contributed by atoms with Gasteiger partial charge < -0.3 is 20.5 Å². The number of carbonyl (C=O) groups excluding carboxylic acids is 1. The Morgan fingerprint density at radius 2 is 2.07 bits per heavy atom. The number of rotatable bonds is 6. The third kappa shape index (κ3) is 6.08. The number of aromatic nitrogens is 1. The second-order valence-corrected chi connectivity index (χ2v) is 7.26. The van der Waals surface area contributed by atoms with E-state index in [4.69, 9.17) is 0 Å². The number of benzene rings is 1. The van der Waals surface area contributed by atoms with Gasteiger partial charge in [-0.3, -0.25) is 4.79 Å². The largest absolute Gasteiger partial charge is 0.361 e. The van der Waals surface area contributed by atoms with Crippen molar-refractivity contribution in [2.45, 2.75) is 38.1 Å². The Hall–Kier alpha value is -1.84. The van der Waals surface area contributed by atoms with E-state index >= 15 is 0 Å². The highest BCUT2D eigenvalue weighted by atomic mass is 127. The van der Waals surface area contributed by atoms with Gasteiger partial charge in [-0.15, -0.1) is 24.0 Å². The maximum absolute atomic E-state index is 13.3. The Kier molecular flexibility index (Phi) is 8.53. The fourth-order valence-corrected chi connectivity index (χ4v) is 3.39. The molecule has 3 N–H and O–H groups in total. The Morgan fingerprint density at radius 1 is 1.32 bits per heavy atom. The molecule has 0 spiro atoms. The molecule has 2 aromatic rings. The van der Waals surface area contributed by atoms with E-state index in [0.29, 0.717) is 18.5 Å². The molecule has 1 aliphatic rings. The third-order valence-corrected chi connectivity index (χ3v) is 4.98. The number of halogens is 2. The zero-order valence-corrected chi connectivity index (χ0v) is 18.8. The number of carbonyl (C=O) groups is 1. The van der Waals surface area contributed by atoms with Gasteiger partial charge in [-0.2, -0.15) is 0 Å². The van der Waals surface area contributed by atoms with Crippen molar-refractivity contribution in [1.82, 2.24) is 20.5 Å². The van der Waals surface area contributed by atoms with Crippen molar-refractivity contribution >= 4 is 46.7 Å². The van der Waals surface area contributed by atoms with Crippen molar-refractivity contribution < 1.29 is 9.18 Å². The van der Waals surface area contributed by atoms with Crippen LogP contribution < -0.4 is 10.6 Å². The van der Waals surface area contributed by atoms with Crippen LogP contribution in [0.25, 0.3) is 10.9 Å². The number of fused-ring (bicyclic) bond motifs is 1. The standard InChI is InChI=1S/C20H28FN5O.HI/c1-26(2)19(27)13-24-20(25-16-5-3-4-6-16)22-10-9-14-12-23-18-11-15(21)7-8-17(14)18;/h7-8,11-12,16,23H,3-6,9-10,13H2,1-2H3,(H2,22,24,25);1H. The van der Waals surface area contributed by atoms with Crippen LogP contribution >= 0.6 is 24.0 Å². The fourth-order valence-electron chi connectivity index (χ4n) is 3.39. The first-order chi connectivity index (χ1) is 13.0. The number of H-pyrrole nitrogens is 1. The zero-order valence-electron chi connectivity index (χ0n) is 16.4. The summed E-state index contributed by atoms with van der Waals surface area (Å²) in [5, 5.41) is 7.81. The van der Waals surface area contributed by atoms with Crippen molar-refractivity contribution in [2.24, 2.45) is 4.99 Å². The van der Waals surface area contributed by atoms with Crippen LogP contribution in [-0.2, 0) is 11.2 Å². The van der Waals surface area contributed by atoms with Gasteiger partial charge in [-0.1, -0.05) is 12.8 Å². The number of amides is 1. The molecule has 1 heterocycles. The van der Waals surface area contributed by atoms with E-state index in [9.17, 15) is 9.18 Å². The van der Waals surface area contributed by atoms with Gasteiger partial charge in [0.25, 0.3) is 0 Å². The van der Waals surface area contributed by atoms with Crippen LogP contribution in [0.5, 0.6) is 0 Å². The maximum Gasteiger partial charge on any atom is 0.243 e. The molecule has 28 heavy (non-hydrogen) atoms. The molecule has 1 aliphatic carbocycles. The molecule has 3 rings (SSSR count). The normalized spacial score (nSPS) is 14.8. The molecule has 0 aliphatic heterocycles. The lowest BCUT2D eigenvalue weighted by Crippen LogP contribution is -2.43. The first-order valence-corrected chi connectivity index (χ1v) is 9.53. The van der Waals surface area contributed by atoms with E-state index in [1.165, 1.54) is 25.0 Å². The summed E-state index contributed by atoms with van der Waals surface area (Å²) < 4.78 is 13.3.